The minimum atomic E-state index is -0.0218. The van der Waals surface area contributed by atoms with E-state index in [2.05, 4.69) is 20.0 Å². The number of pyridine rings is 2. The van der Waals surface area contributed by atoms with Crippen molar-refractivity contribution in [2.75, 3.05) is 14.2 Å². The second kappa shape index (κ2) is 9.65. The summed E-state index contributed by atoms with van der Waals surface area (Å²) in [6, 6.07) is 15.6. The van der Waals surface area contributed by atoms with Gasteiger partial charge in [0, 0.05) is 24.0 Å². The topological polar surface area (TPSA) is 104 Å². The van der Waals surface area contributed by atoms with E-state index in [0.29, 0.717) is 13.1 Å². The summed E-state index contributed by atoms with van der Waals surface area (Å²) in [6.07, 6.45) is 3.46. The highest BCUT2D eigenvalue weighted by Crippen LogP contribution is 2.30. The van der Waals surface area contributed by atoms with Crippen LogP contribution in [0.5, 0.6) is 5.75 Å². The van der Waals surface area contributed by atoms with Crippen molar-refractivity contribution in [1.29, 1.82) is 0 Å². The van der Waals surface area contributed by atoms with Gasteiger partial charge in [-0.1, -0.05) is 12.1 Å². The number of rotatable bonds is 8. The summed E-state index contributed by atoms with van der Waals surface area (Å²) < 4.78 is 7.11. The molecule has 5 rings (SSSR count). The van der Waals surface area contributed by atoms with Gasteiger partial charge in [-0.3, -0.25) is 9.88 Å². The van der Waals surface area contributed by atoms with Crippen molar-refractivity contribution in [3.05, 3.63) is 83.7 Å². The Morgan fingerprint density at radius 2 is 1.94 bits per heavy atom. The molecule has 0 saturated heterocycles. The van der Waals surface area contributed by atoms with E-state index in [1.807, 2.05) is 68.7 Å². The van der Waals surface area contributed by atoms with Gasteiger partial charge in [0.2, 0.25) is 0 Å². The number of aliphatic hydroxyl groups excluding tert-OH is 1. The van der Waals surface area contributed by atoms with E-state index in [0.717, 1.165) is 56.7 Å². The molecule has 1 aromatic carbocycles. The first-order chi connectivity index (χ1) is 17.0. The van der Waals surface area contributed by atoms with Crippen LogP contribution in [0.4, 0.5) is 0 Å². The zero-order chi connectivity index (χ0) is 24.4. The number of aromatic nitrogens is 6. The molecule has 0 aliphatic heterocycles. The summed E-state index contributed by atoms with van der Waals surface area (Å²) in [4.78, 5) is 19.6. The first-order valence-corrected chi connectivity index (χ1v) is 11.3. The molecule has 9 heteroatoms. The fourth-order valence-corrected chi connectivity index (χ4v) is 4.16. The van der Waals surface area contributed by atoms with Crippen LogP contribution in [0.15, 0.2) is 61.1 Å². The van der Waals surface area contributed by atoms with Crippen LogP contribution < -0.4 is 4.74 Å². The number of ether oxygens (including phenoxy) is 1. The van der Waals surface area contributed by atoms with Gasteiger partial charge in [-0.15, -0.1) is 0 Å². The lowest BCUT2D eigenvalue weighted by Gasteiger charge is -2.18. The summed E-state index contributed by atoms with van der Waals surface area (Å²) in [5.41, 5.74) is 7.01. The third kappa shape index (κ3) is 4.77. The lowest BCUT2D eigenvalue weighted by Crippen LogP contribution is -2.19. The number of fused-ring (bicyclic) bond motifs is 1. The largest absolute Gasteiger partial charge is 0.497 e. The molecule has 0 saturated carbocycles. The lowest BCUT2D eigenvalue weighted by atomic mass is 10.1. The van der Waals surface area contributed by atoms with Crippen molar-refractivity contribution in [2.45, 2.75) is 26.6 Å². The van der Waals surface area contributed by atoms with E-state index in [-0.39, 0.29) is 6.61 Å². The number of nitrogens with zero attached hydrogens (tertiary/aromatic N) is 6. The lowest BCUT2D eigenvalue weighted by molar-refractivity contribution is 0.272. The second-order valence-corrected chi connectivity index (χ2v) is 8.52. The molecule has 9 nitrogen and oxygen atoms in total. The maximum Gasteiger partial charge on any atom is 0.155 e. The maximum absolute atomic E-state index is 9.76. The van der Waals surface area contributed by atoms with E-state index in [1.165, 1.54) is 6.33 Å². The van der Waals surface area contributed by atoms with Crippen LogP contribution >= 0.6 is 0 Å². The number of H-pyrrole nitrogens is 1. The smallest absolute Gasteiger partial charge is 0.155 e. The first-order valence-electron chi connectivity index (χ1n) is 11.3. The standard InChI is InChI=1S/C26H27N7O2/c1-17-5-4-6-22(29-17)26-25(18-8-10-24-27-16-28-33(24)13-18)30-23(31-26)14-32(2)12-20-11-21(35-3)9-7-19(20)15-34/h4-11,13,16,34H,12,14-15H2,1-3H3,(H,30,31). The summed E-state index contributed by atoms with van der Waals surface area (Å²) in [5.74, 6) is 1.58. The van der Waals surface area contributed by atoms with Crippen molar-refractivity contribution < 1.29 is 9.84 Å². The number of methoxy groups -OCH3 is 1. The van der Waals surface area contributed by atoms with E-state index in [4.69, 9.17) is 14.7 Å². The molecule has 0 bridgehead atoms. The Balaban J connectivity index is 1.48. The van der Waals surface area contributed by atoms with Gasteiger partial charge in [0.05, 0.1) is 37.3 Å². The van der Waals surface area contributed by atoms with Gasteiger partial charge in [-0.05, 0) is 61.5 Å². The minimum absolute atomic E-state index is 0.0218. The van der Waals surface area contributed by atoms with Gasteiger partial charge in [-0.25, -0.2) is 14.5 Å². The van der Waals surface area contributed by atoms with E-state index >= 15 is 0 Å². The molecule has 4 aromatic heterocycles. The highest BCUT2D eigenvalue weighted by molar-refractivity contribution is 5.77. The Hall–Kier alpha value is -4.08. The molecular formula is C26H27N7O2. The summed E-state index contributed by atoms with van der Waals surface area (Å²) >= 11 is 0. The second-order valence-electron chi connectivity index (χ2n) is 8.52. The third-order valence-corrected chi connectivity index (χ3v) is 5.89. The molecule has 0 aliphatic carbocycles. The summed E-state index contributed by atoms with van der Waals surface area (Å²) in [5, 5.41) is 14.0. The number of aromatic amines is 1. The fraction of sp³-hybridized carbons (Fsp3) is 0.231. The SMILES string of the molecule is COc1ccc(CO)c(CN(C)Cc2nc(-c3ccc4ncnn4c3)c(-c3cccc(C)n3)[nH]2)c1. The Kier molecular flexibility index (Phi) is 6.26. The average molecular weight is 470 g/mol. The number of hydrogen-bond donors (Lipinski definition) is 2. The Morgan fingerprint density at radius 3 is 2.74 bits per heavy atom. The number of imidazole rings is 1. The van der Waals surface area contributed by atoms with Gasteiger partial charge in [0.25, 0.3) is 0 Å². The molecule has 0 spiro atoms. The number of nitrogens with one attached hydrogen (secondary N) is 1. The number of benzene rings is 1. The van der Waals surface area contributed by atoms with Gasteiger partial charge in [-0.2, -0.15) is 5.10 Å². The number of aryl methyl sites for hydroxylation is 1. The van der Waals surface area contributed by atoms with Gasteiger partial charge >= 0.3 is 0 Å². The molecule has 35 heavy (non-hydrogen) atoms. The number of hydrogen-bond acceptors (Lipinski definition) is 7. The Bertz CT molecular complexity index is 1470. The van der Waals surface area contributed by atoms with Crippen molar-refractivity contribution in [3.63, 3.8) is 0 Å². The molecule has 0 amide bonds. The van der Waals surface area contributed by atoms with Crippen LogP contribution in [0.2, 0.25) is 0 Å². The minimum Gasteiger partial charge on any atom is -0.497 e. The predicted octanol–water partition coefficient (Wildman–Crippen LogP) is 3.62. The van der Waals surface area contributed by atoms with Crippen LogP contribution in [-0.4, -0.2) is 53.7 Å². The highest BCUT2D eigenvalue weighted by atomic mass is 16.5. The zero-order valence-corrected chi connectivity index (χ0v) is 19.9. The van der Waals surface area contributed by atoms with Crippen LogP contribution in [-0.2, 0) is 19.7 Å². The maximum atomic E-state index is 9.76. The van der Waals surface area contributed by atoms with Gasteiger partial charge in [0.15, 0.2) is 5.65 Å². The van der Waals surface area contributed by atoms with Crippen molar-refractivity contribution >= 4 is 5.65 Å². The van der Waals surface area contributed by atoms with Crippen molar-refractivity contribution in [2.24, 2.45) is 0 Å². The molecule has 4 heterocycles. The van der Waals surface area contributed by atoms with Crippen LogP contribution in [0.1, 0.15) is 22.6 Å². The number of aliphatic hydroxyl groups is 1. The molecule has 0 aliphatic rings. The molecule has 0 radical (unpaired) electrons. The van der Waals surface area contributed by atoms with Crippen LogP contribution in [0.25, 0.3) is 28.3 Å². The Morgan fingerprint density at radius 1 is 1.06 bits per heavy atom. The molecule has 0 unspecified atom stereocenters. The molecule has 0 fully saturated rings. The molecule has 178 valence electrons. The van der Waals surface area contributed by atoms with Gasteiger partial charge in [0.1, 0.15) is 17.9 Å². The molecule has 0 atom stereocenters. The Labute approximate surface area is 203 Å². The van der Waals surface area contributed by atoms with E-state index < -0.39 is 0 Å². The predicted molar refractivity (Wildman–Crippen MR) is 133 cm³/mol. The first kappa shape index (κ1) is 22.7. The average Bonchev–Trinajstić information content (AvgIpc) is 3.50. The van der Waals surface area contributed by atoms with E-state index in [9.17, 15) is 5.11 Å². The van der Waals surface area contributed by atoms with Crippen molar-refractivity contribution in [3.8, 4) is 28.4 Å². The molecular weight excluding hydrogens is 442 g/mol. The van der Waals surface area contributed by atoms with Gasteiger partial charge < -0.3 is 14.8 Å². The van der Waals surface area contributed by atoms with Crippen LogP contribution in [0.3, 0.4) is 0 Å². The normalized spacial score (nSPS) is 11.5. The molecule has 5 aromatic rings. The monoisotopic (exact) mass is 469 g/mol. The van der Waals surface area contributed by atoms with Crippen LogP contribution in [0, 0.1) is 6.92 Å². The summed E-state index contributed by atoms with van der Waals surface area (Å²) in [7, 11) is 3.66. The zero-order valence-electron chi connectivity index (χ0n) is 19.9. The quantitative estimate of drug-likeness (QED) is 0.358. The highest BCUT2D eigenvalue weighted by Gasteiger charge is 2.18. The van der Waals surface area contributed by atoms with E-state index in [1.54, 1.807) is 11.6 Å². The fourth-order valence-electron chi connectivity index (χ4n) is 4.16. The van der Waals surface area contributed by atoms with Crippen molar-refractivity contribution in [1.82, 2.24) is 34.4 Å². The molecule has 2 N–H and O–H groups in total. The third-order valence-electron chi connectivity index (χ3n) is 5.89. The summed E-state index contributed by atoms with van der Waals surface area (Å²) in [6.45, 7) is 3.16.